The van der Waals surface area contributed by atoms with E-state index in [1.807, 2.05) is 6.07 Å². The number of carboxylic acids is 1. The van der Waals surface area contributed by atoms with Gasteiger partial charge in [0, 0.05) is 6.04 Å². The summed E-state index contributed by atoms with van der Waals surface area (Å²) in [6.07, 6.45) is 2.01. The lowest BCUT2D eigenvalue weighted by atomic mass is 10.1. The van der Waals surface area contributed by atoms with Gasteiger partial charge >= 0.3 is 5.97 Å². The fraction of sp³-hybridized carbons (Fsp3) is 0.333. The Balaban J connectivity index is 2.31. The minimum atomic E-state index is -0.861. The minimum absolute atomic E-state index is 0.0383. The van der Waals surface area contributed by atoms with E-state index in [0.29, 0.717) is 5.56 Å². The van der Waals surface area contributed by atoms with Crippen LogP contribution in [0.4, 0.5) is 5.69 Å². The zero-order chi connectivity index (χ0) is 11.5. The molecule has 0 atom stereocenters. The summed E-state index contributed by atoms with van der Waals surface area (Å²) >= 11 is 0. The van der Waals surface area contributed by atoms with E-state index in [2.05, 4.69) is 6.07 Å². The van der Waals surface area contributed by atoms with Crippen molar-refractivity contribution in [2.45, 2.75) is 18.9 Å². The molecule has 0 heterocycles. The van der Waals surface area contributed by atoms with Gasteiger partial charge in [0.1, 0.15) is 12.6 Å². The van der Waals surface area contributed by atoms with Crippen LogP contribution in [0.2, 0.25) is 0 Å². The van der Waals surface area contributed by atoms with E-state index in [0.717, 1.165) is 18.5 Å². The molecule has 0 saturated heterocycles. The summed E-state index contributed by atoms with van der Waals surface area (Å²) in [5.74, 6) is -0.861. The van der Waals surface area contributed by atoms with Crippen LogP contribution in [0.25, 0.3) is 0 Å². The predicted molar refractivity (Wildman–Crippen MR) is 59.2 cm³/mol. The van der Waals surface area contributed by atoms with Gasteiger partial charge in [0.2, 0.25) is 0 Å². The molecule has 0 amide bonds. The summed E-state index contributed by atoms with van der Waals surface area (Å²) in [6, 6.07) is 9.51. The first kappa shape index (κ1) is 10.5. The van der Waals surface area contributed by atoms with Crippen LogP contribution in [0.15, 0.2) is 24.3 Å². The molecule has 4 heteroatoms. The average Bonchev–Trinajstić information content (AvgIpc) is 3.09. The number of nitrogens with zero attached hydrogens (tertiary/aromatic N) is 2. The molecule has 4 nitrogen and oxygen atoms in total. The molecular formula is C12H12N2O2. The molecule has 1 fully saturated rings. The van der Waals surface area contributed by atoms with Crippen molar-refractivity contribution in [3.8, 4) is 6.07 Å². The van der Waals surface area contributed by atoms with Crippen LogP contribution in [0.1, 0.15) is 18.4 Å². The lowest BCUT2D eigenvalue weighted by molar-refractivity contribution is -0.135. The van der Waals surface area contributed by atoms with E-state index in [4.69, 9.17) is 10.4 Å². The number of rotatable bonds is 4. The first-order valence-electron chi connectivity index (χ1n) is 5.20. The fourth-order valence-corrected chi connectivity index (χ4v) is 1.76. The molecule has 0 spiro atoms. The molecule has 16 heavy (non-hydrogen) atoms. The van der Waals surface area contributed by atoms with Crippen molar-refractivity contribution < 1.29 is 9.90 Å². The molecule has 82 valence electrons. The molecule has 0 bridgehead atoms. The summed E-state index contributed by atoms with van der Waals surface area (Å²) in [6.45, 7) is -0.0383. The highest BCUT2D eigenvalue weighted by molar-refractivity contribution is 5.75. The van der Waals surface area contributed by atoms with Gasteiger partial charge in [0.05, 0.1) is 11.3 Å². The summed E-state index contributed by atoms with van der Waals surface area (Å²) in [4.78, 5) is 12.6. The largest absolute Gasteiger partial charge is 0.480 e. The third kappa shape index (κ3) is 2.14. The Morgan fingerprint density at radius 2 is 2.19 bits per heavy atom. The summed E-state index contributed by atoms with van der Waals surface area (Å²) in [5, 5.41) is 17.8. The van der Waals surface area contributed by atoms with Gasteiger partial charge in [-0.2, -0.15) is 5.26 Å². The smallest absolute Gasteiger partial charge is 0.323 e. The van der Waals surface area contributed by atoms with Crippen LogP contribution in [0.5, 0.6) is 0 Å². The third-order valence-electron chi connectivity index (χ3n) is 2.63. The van der Waals surface area contributed by atoms with Gasteiger partial charge < -0.3 is 10.0 Å². The highest BCUT2D eigenvalue weighted by atomic mass is 16.4. The molecular weight excluding hydrogens is 204 g/mol. The first-order chi connectivity index (χ1) is 7.72. The van der Waals surface area contributed by atoms with Crippen LogP contribution in [0, 0.1) is 11.3 Å². The van der Waals surface area contributed by atoms with E-state index >= 15 is 0 Å². The Hall–Kier alpha value is -2.02. The quantitative estimate of drug-likeness (QED) is 0.830. The second-order valence-electron chi connectivity index (χ2n) is 3.88. The molecule has 1 N–H and O–H groups in total. The molecule has 1 aliphatic carbocycles. The molecule has 1 aromatic carbocycles. The zero-order valence-electron chi connectivity index (χ0n) is 8.76. The molecule has 0 radical (unpaired) electrons. The van der Waals surface area contributed by atoms with Crippen molar-refractivity contribution in [2.75, 3.05) is 11.4 Å². The number of aliphatic carboxylic acids is 1. The van der Waals surface area contributed by atoms with Crippen molar-refractivity contribution in [1.82, 2.24) is 0 Å². The average molecular weight is 216 g/mol. The number of anilines is 1. The Labute approximate surface area is 93.7 Å². The maximum absolute atomic E-state index is 10.8. The summed E-state index contributed by atoms with van der Waals surface area (Å²) in [5.41, 5.74) is 1.27. The summed E-state index contributed by atoms with van der Waals surface area (Å²) < 4.78 is 0. The van der Waals surface area contributed by atoms with Crippen LogP contribution in [-0.2, 0) is 4.79 Å². The first-order valence-corrected chi connectivity index (χ1v) is 5.20. The van der Waals surface area contributed by atoms with Gasteiger partial charge in [0.15, 0.2) is 0 Å². The number of para-hydroxylation sites is 1. The van der Waals surface area contributed by atoms with Crippen molar-refractivity contribution in [2.24, 2.45) is 0 Å². The van der Waals surface area contributed by atoms with E-state index in [1.165, 1.54) is 0 Å². The van der Waals surface area contributed by atoms with Crippen molar-refractivity contribution in [1.29, 1.82) is 5.26 Å². The van der Waals surface area contributed by atoms with Gasteiger partial charge in [0.25, 0.3) is 0 Å². The van der Waals surface area contributed by atoms with Gasteiger partial charge in [-0.15, -0.1) is 0 Å². The Morgan fingerprint density at radius 1 is 1.50 bits per heavy atom. The molecule has 1 aliphatic rings. The minimum Gasteiger partial charge on any atom is -0.480 e. The maximum atomic E-state index is 10.8. The maximum Gasteiger partial charge on any atom is 0.323 e. The van der Waals surface area contributed by atoms with Crippen molar-refractivity contribution in [3.05, 3.63) is 29.8 Å². The Bertz CT molecular complexity index is 447. The third-order valence-corrected chi connectivity index (χ3v) is 2.63. The number of nitriles is 1. The normalized spacial score (nSPS) is 14.2. The monoisotopic (exact) mass is 216 g/mol. The predicted octanol–water partition coefficient (Wildman–Crippen LogP) is 1.61. The number of hydrogen-bond donors (Lipinski definition) is 1. The Kier molecular flexibility index (Phi) is 2.78. The van der Waals surface area contributed by atoms with Gasteiger partial charge in [-0.1, -0.05) is 12.1 Å². The van der Waals surface area contributed by atoms with Gasteiger partial charge in [-0.25, -0.2) is 0 Å². The van der Waals surface area contributed by atoms with Gasteiger partial charge in [-0.05, 0) is 25.0 Å². The second-order valence-corrected chi connectivity index (χ2v) is 3.88. The zero-order valence-corrected chi connectivity index (χ0v) is 8.76. The number of carbonyl (C=O) groups is 1. The second kappa shape index (κ2) is 4.23. The molecule has 0 unspecified atom stereocenters. The van der Waals surface area contributed by atoms with Crippen LogP contribution >= 0.6 is 0 Å². The van der Waals surface area contributed by atoms with Crippen molar-refractivity contribution >= 4 is 11.7 Å². The Morgan fingerprint density at radius 3 is 2.75 bits per heavy atom. The lowest BCUT2D eigenvalue weighted by Gasteiger charge is -2.23. The van der Waals surface area contributed by atoms with Crippen LogP contribution < -0.4 is 4.90 Å². The highest BCUT2D eigenvalue weighted by Crippen LogP contribution is 2.32. The number of carboxylic acid groups (broad SMARTS) is 1. The van der Waals surface area contributed by atoms with Gasteiger partial charge in [-0.3, -0.25) is 4.79 Å². The number of hydrogen-bond acceptors (Lipinski definition) is 3. The molecule has 1 saturated carbocycles. The number of benzene rings is 1. The topological polar surface area (TPSA) is 64.3 Å². The molecule has 0 aromatic heterocycles. The fourth-order valence-electron chi connectivity index (χ4n) is 1.76. The van der Waals surface area contributed by atoms with E-state index in [1.54, 1.807) is 23.1 Å². The van der Waals surface area contributed by atoms with Crippen LogP contribution in [-0.4, -0.2) is 23.7 Å². The standard InChI is InChI=1S/C12H12N2O2/c13-7-9-3-1-2-4-11(9)14(8-12(15)16)10-5-6-10/h1-4,10H,5-6,8H2,(H,15,16). The molecule has 2 rings (SSSR count). The SMILES string of the molecule is N#Cc1ccccc1N(CC(=O)O)C1CC1. The van der Waals surface area contributed by atoms with Crippen molar-refractivity contribution in [3.63, 3.8) is 0 Å². The molecule has 1 aromatic rings. The highest BCUT2D eigenvalue weighted by Gasteiger charge is 2.31. The van der Waals surface area contributed by atoms with E-state index in [-0.39, 0.29) is 12.6 Å². The van der Waals surface area contributed by atoms with Crippen LogP contribution in [0.3, 0.4) is 0 Å². The molecule has 0 aliphatic heterocycles. The van der Waals surface area contributed by atoms with E-state index in [9.17, 15) is 4.79 Å². The van der Waals surface area contributed by atoms with E-state index < -0.39 is 5.97 Å². The summed E-state index contributed by atoms with van der Waals surface area (Å²) in [7, 11) is 0. The lowest BCUT2D eigenvalue weighted by Crippen LogP contribution is -2.32.